The number of β-amino-alcohol motifs (C(OH)–C–C–N with tert-alkyl or cyclic N) is 1. The number of carbonyl (C=O) groups excluding carboxylic acids is 3. The summed E-state index contributed by atoms with van der Waals surface area (Å²) in [6.45, 7) is 6.28. The fourth-order valence-electron chi connectivity index (χ4n) is 6.39. The molecule has 202 valence electrons. The number of nitrogens with one attached hydrogen (secondary N) is 2. The van der Waals surface area contributed by atoms with Gasteiger partial charge in [-0.05, 0) is 44.0 Å². The highest BCUT2D eigenvalue weighted by Crippen LogP contribution is 2.58. The monoisotopic (exact) mass is 516 g/mol. The summed E-state index contributed by atoms with van der Waals surface area (Å²) in [4.78, 5) is 44.1. The first-order valence-corrected chi connectivity index (χ1v) is 13.2. The third-order valence-electron chi connectivity index (χ3n) is 7.96. The van der Waals surface area contributed by atoms with Crippen molar-refractivity contribution < 1.29 is 33.7 Å². The van der Waals surface area contributed by atoms with Crippen LogP contribution in [0.1, 0.15) is 19.8 Å². The van der Waals surface area contributed by atoms with Gasteiger partial charge in [-0.3, -0.25) is 19.3 Å². The van der Waals surface area contributed by atoms with E-state index < -0.39 is 29.6 Å². The van der Waals surface area contributed by atoms with E-state index in [4.69, 9.17) is 14.2 Å². The number of likely N-dealkylation sites (tertiary alicyclic amines) is 1. The van der Waals surface area contributed by atoms with Crippen molar-refractivity contribution in [1.82, 2.24) is 15.1 Å². The van der Waals surface area contributed by atoms with Gasteiger partial charge in [0.15, 0.2) is 0 Å². The third-order valence-corrected chi connectivity index (χ3v) is 7.96. The maximum absolute atomic E-state index is 13.6. The van der Waals surface area contributed by atoms with E-state index in [9.17, 15) is 19.5 Å². The Balaban J connectivity index is 1.30. The quantitative estimate of drug-likeness (QED) is 0.391. The van der Waals surface area contributed by atoms with Gasteiger partial charge in [-0.15, -0.1) is 0 Å². The normalized spacial score (nSPS) is 30.9. The van der Waals surface area contributed by atoms with Crippen molar-refractivity contribution in [1.29, 1.82) is 0 Å². The van der Waals surface area contributed by atoms with Gasteiger partial charge in [0.1, 0.15) is 17.4 Å². The molecule has 0 saturated carbocycles. The molecule has 0 radical (unpaired) electrons. The predicted octanol–water partition coefficient (Wildman–Crippen LogP) is -0.161. The van der Waals surface area contributed by atoms with E-state index in [1.807, 2.05) is 6.92 Å². The van der Waals surface area contributed by atoms with Crippen LogP contribution in [0.5, 0.6) is 5.75 Å². The Kier molecular flexibility index (Phi) is 7.66. The number of ether oxygens (including phenoxy) is 3. The molecule has 2 bridgehead atoms. The summed E-state index contributed by atoms with van der Waals surface area (Å²) >= 11 is 0. The molecule has 1 aromatic rings. The van der Waals surface area contributed by atoms with Gasteiger partial charge in [-0.25, -0.2) is 0 Å². The number of amides is 3. The molecule has 4 aliphatic heterocycles. The van der Waals surface area contributed by atoms with Crippen LogP contribution in [0.3, 0.4) is 0 Å². The second-order valence-corrected chi connectivity index (χ2v) is 10.0. The lowest BCUT2D eigenvalue weighted by atomic mass is 9.70. The zero-order valence-corrected chi connectivity index (χ0v) is 21.2. The highest BCUT2D eigenvalue weighted by molar-refractivity contribution is 6.02. The summed E-state index contributed by atoms with van der Waals surface area (Å²) in [5, 5.41) is 15.6. The van der Waals surface area contributed by atoms with Crippen LogP contribution in [0.2, 0.25) is 0 Å². The average Bonchev–Trinajstić information content (AvgIpc) is 3.54. The lowest BCUT2D eigenvalue weighted by Gasteiger charge is -2.33. The van der Waals surface area contributed by atoms with Crippen LogP contribution in [0.4, 0.5) is 5.69 Å². The zero-order valence-electron chi connectivity index (χ0n) is 21.2. The minimum Gasteiger partial charge on any atom is -0.494 e. The topological polar surface area (TPSA) is 130 Å². The summed E-state index contributed by atoms with van der Waals surface area (Å²) in [7, 11) is 0. The van der Waals surface area contributed by atoms with Crippen molar-refractivity contribution in [3.05, 3.63) is 24.3 Å². The van der Waals surface area contributed by atoms with E-state index in [1.54, 1.807) is 24.3 Å². The fourth-order valence-corrected chi connectivity index (χ4v) is 6.39. The number of anilines is 1. The molecular formula is C26H36N4O7. The molecule has 3 N–H and O–H groups in total. The molecule has 1 spiro atoms. The van der Waals surface area contributed by atoms with Crippen LogP contribution >= 0.6 is 0 Å². The van der Waals surface area contributed by atoms with Crippen LogP contribution in [0.15, 0.2) is 24.3 Å². The number of hydrogen-bond acceptors (Lipinski definition) is 8. The number of rotatable bonds is 10. The summed E-state index contributed by atoms with van der Waals surface area (Å²) in [6.07, 6.45) is 0.677. The summed E-state index contributed by atoms with van der Waals surface area (Å²) in [5.74, 6) is -1.68. The summed E-state index contributed by atoms with van der Waals surface area (Å²) in [5.41, 5.74) is -0.471. The van der Waals surface area contributed by atoms with Gasteiger partial charge >= 0.3 is 0 Å². The van der Waals surface area contributed by atoms with Gasteiger partial charge in [0.05, 0.1) is 44.4 Å². The van der Waals surface area contributed by atoms with Crippen LogP contribution in [-0.2, 0) is 23.9 Å². The van der Waals surface area contributed by atoms with Crippen molar-refractivity contribution in [2.45, 2.75) is 37.5 Å². The number of benzene rings is 1. The third kappa shape index (κ3) is 4.81. The first-order chi connectivity index (χ1) is 18.0. The van der Waals surface area contributed by atoms with E-state index in [-0.39, 0.29) is 30.9 Å². The van der Waals surface area contributed by atoms with Gasteiger partial charge in [0.25, 0.3) is 0 Å². The largest absolute Gasteiger partial charge is 0.494 e. The number of aliphatic hydroxyl groups is 1. The number of carbonyl (C=O) groups is 3. The number of aliphatic hydroxyl groups excluding tert-OH is 1. The molecule has 0 aliphatic carbocycles. The molecule has 3 amide bonds. The Morgan fingerprint density at radius 1 is 1.16 bits per heavy atom. The smallest absolute Gasteiger partial charge is 0.245 e. The van der Waals surface area contributed by atoms with E-state index >= 15 is 0 Å². The maximum Gasteiger partial charge on any atom is 0.245 e. The van der Waals surface area contributed by atoms with Crippen molar-refractivity contribution >= 4 is 23.4 Å². The lowest BCUT2D eigenvalue weighted by molar-refractivity contribution is -0.142. The molecule has 1 aromatic carbocycles. The molecule has 4 fully saturated rings. The SMILES string of the molecule is CCOc1ccc(NC(=O)[C@@H]2[C@H]3C(=O)N(CCO)C(C(=O)NCCN4CCOCC4)C34CC[C@H]2O4)cc1. The van der Waals surface area contributed by atoms with Crippen LogP contribution in [0, 0.1) is 11.8 Å². The first kappa shape index (κ1) is 25.9. The van der Waals surface area contributed by atoms with Crippen LogP contribution < -0.4 is 15.4 Å². The van der Waals surface area contributed by atoms with Crippen LogP contribution in [0.25, 0.3) is 0 Å². The van der Waals surface area contributed by atoms with E-state index in [1.165, 1.54) is 4.90 Å². The Bertz CT molecular complexity index is 999. The Labute approximate surface area is 216 Å². The standard InChI is InChI=1S/C26H36N4O7/c1-2-36-18-5-3-17(4-6-18)28-23(32)20-19-7-8-26(37-19)21(20)25(34)30(11-14-31)22(26)24(33)27-9-10-29-12-15-35-16-13-29/h3-6,19-22,31H,2,7-16H2,1H3,(H,27,33)(H,28,32)/t19-,20+,21+,22?,26?/m1/s1. The van der Waals surface area contributed by atoms with Gasteiger partial charge in [-0.1, -0.05) is 0 Å². The molecule has 2 unspecified atom stereocenters. The summed E-state index contributed by atoms with van der Waals surface area (Å²) < 4.78 is 17.2. The van der Waals surface area contributed by atoms with Crippen molar-refractivity contribution in [2.24, 2.45) is 11.8 Å². The Hall–Kier alpha value is -2.73. The zero-order chi connectivity index (χ0) is 26.0. The Morgan fingerprint density at radius 2 is 1.92 bits per heavy atom. The lowest BCUT2D eigenvalue weighted by Crippen LogP contribution is -2.56. The number of fused-ring (bicyclic) bond motifs is 1. The number of morpholine rings is 1. The highest BCUT2D eigenvalue weighted by atomic mass is 16.5. The van der Waals surface area contributed by atoms with E-state index in [0.29, 0.717) is 57.2 Å². The molecular weight excluding hydrogens is 480 g/mol. The second kappa shape index (κ2) is 10.9. The molecule has 37 heavy (non-hydrogen) atoms. The fraction of sp³-hybridized carbons (Fsp3) is 0.654. The number of hydrogen-bond donors (Lipinski definition) is 3. The Morgan fingerprint density at radius 3 is 2.62 bits per heavy atom. The summed E-state index contributed by atoms with van der Waals surface area (Å²) in [6, 6.07) is 6.19. The average molecular weight is 517 g/mol. The van der Waals surface area contributed by atoms with Gasteiger partial charge in [0.2, 0.25) is 17.7 Å². The van der Waals surface area contributed by atoms with Crippen LogP contribution in [-0.4, -0.2) is 110 Å². The maximum atomic E-state index is 13.6. The van der Waals surface area contributed by atoms with Crippen molar-refractivity contribution in [3.8, 4) is 5.75 Å². The van der Waals surface area contributed by atoms with E-state index in [0.717, 1.165) is 13.1 Å². The molecule has 11 nitrogen and oxygen atoms in total. The van der Waals surface area contributed by atoms with Crippen molar-refractivity contribution in [2.75, 3.05) is 64.5 Å². The minimum atomic E-state index is -1.07. The molecule has 4 heterocycles. The van der Waals surface area contributed by atoms with Crippen molar-refractivity contribution in [3.63, 3.8) is 0 Å². The van der Waals surface area contributed by atoms with E-state index in [2.05, 4.69) is 15.5 Å². The molecule has 4 aliphatic rings. The second-order valence-electron chi connectivity index (χ2n) is 10.0. The molecule has 11 heteroatoms. The minimum absolute atomic E-state index is 0.0138. The number of nitrogens with zero attached hydrogens (tertiary/aromatic N) is 2. The van der Waals surface area contributed by atoms with Gasteiger partial charge in [0, 0.05) is 38.4 Å². The van der Waals surface area contributed by atoms with Gasteiger partial charge in [-0.2, -0.15) is 0 Å². The highest BCUT2D eigenvalue weighted by Gasteiger charge is 2.74. The molecule has 5 rings (SSSR count). The molecule has 5 atom stereocenters. The molecule has 0 aromatic heterocycles. The molecule has 4 saturated heterocycles. The van der Waals surface area contributed by atoms with Gasteiger partial charge < -0.3 is 34.9 Å². The first-order valence-electron chi connectivity index (χ1n) is 13.2. The predicted molar refractivity (Wildman–Crippen MR) is 133 cm³/mol.